The van der Waals surface area contributed by atoms with Crippen molar-refractivity contribution in [3.05, 3.63) is 60.2 Å². The zero-order valence-corrected chi connectivity index (χ0v) is 27.9. The molecule has 47 heavy (non-hydrogen) atoms. The molecule has 4 aliphatic rings. The lowest BCUT2D eigenvalue weighted by molar-refractivity contribution is -0.163. The molecule has 8 atom stereocenters. The highest BCUT2D eigenvalue weighted by Gasteiger charge is 2.74. The van der Waals surface area contributed by atoms with Gasteiger partial charge in [0, 0.05) is 26.6 Å². The van der Waals surface area contributed by atoms with E-state index < -0.39 is 59.6 Å². The Morgan fingerprint density at radius 3 is 2.53 bits per heavy atom. The van der Waals surface area contributed by atoms with Crippen molar-refractivity contribution >= 4 is 23.7 Å². The molecule has 11 heteroatoms. The standard InChI is InChI=1S/C36H49N3O8/c1-5-6-12-19-38-20-13-8-11-16-28(41)37-25(22-45-4)31(24-14-9-7-10-15-24)46-35(44)29-27-17-18-36(47-27)30(29)33(42)39(32(36)34(38)43)26(21-40)23(2)3/h7-10,13-15,17-18,23,25-27,29-32,40H,5-6,11-12,16,19-22H2,1-4H3,(H,37,41)/b13-8-/t25-,26-,27+,29-,30-,31-,32+,36-/m0/s1. The van der Waals surface area contributed by atoms with Crippen molar-refractivity contribution in [2.75, 3.05) is 33.4 Å². The molecule has 2 N–H and O–H groups in total. The summed E-state index contributed by atoms with van der Waals surface area (Å²) in [4.78, 5) is 60.0. The molecule has 3 amide bonds. The minimum Gasteiger partial charge on any atom is -0.455 e. The fourth-order valence-corrected chi connectivity index (χ4v) is 7.58. The maximum absolute atomic E-state index is 14.7. The Bertz CT molecular complexity index is 1350. The molecular weight excluding hydrogens is 602 g/mol. The van der Waals surface area contributed by atoms with Gasteiger partial charge in [0.1, 0.15) is 23.7 Å². The van der Waals surface area contributed by atoms with Gasteiger partial charge in [0.25, 0.3) is 0 Å². The number of carbonyl (C=O) groups is 4. The Balaban J connectivity index is 1.61. The maximum Gasteiger partial charge on any atom is 0.313 e. The third-order valence-electron chi connectivity index (χ3n) is 9.93. The lowest BCUT2D eigenvalue weighted by atomic mass is 9.74. The summed E-state index contributed by atoms with van der Waals surface area (Å²) in [6.07, 6.45) is 8.91. The van der Waals surface area contributed by atoms with E-state index in [0.717, 1.165) is 19.3 Å². The number of fused-ring (bicyclic) bond motifs is 2. The number of methoxy groups -OCH3 is 1. The van der Waals surface area contributed by atoms with Gasteiger partial charge in [-0.15, -0.1) is 0 Å². The second-order valence-electron chi connectivity index (χ2n) is 13.3. The van der Waals surface area contributed by atoms with Gasteiger partial charge in [0.05, 0.1) is 37.3 Å². The van der Waals surface area contributed by atoms with E-state index in [4.69, 9.17) is 14.2 Å². The van der Waals surface area contributed by atoms with Crippen LogP contribution in [0, 0.1) is 17.8 Å². The predicted octanol–water partition coefficient (Wildman–Crippen LogP) is 2.94. The smallest absolute Gasteiger partial charge is 0.313 e. The highest BCUT2D eigenvalue weighted by atomic mass is 16.6. The molecular formula is C36H49N3O8. The van der Waals surface area contributed by atoms with Crippen molar-refractivity contribution in [3.63, 3.8) is 0 Å². The average Bonchev–Trinajstić information content (AvgIpc) is 3.70. The number of esters is 1. The van der Waals surface area contributed by atoms with Gasteiger partial charge in [-0.1, -0.05) is 88.2 Å². The number of carbonyl (C=O) groups excluding carboxylic acids is 4. The Hall–Kier alpha value is -3.54. The van der Waals surface area contributed by atoms with Crippen molar-refractivity contribution < 1.29 is 38.5 Å². The minimum atomic E-state index is -1.39. The van der Waals surface area contributed by atoms with Crippen LogP contribution >= 0.6 is 0 Å². The van der Waals surface area contributed by atoms with Crippen LogP contribution in [-0.2, 0) is 33.4 Å². The van der Waals surface area contributed by atoms with E-state index >= 15 is 0 Å². The number of nitrogens with one attached hydrogen (secondary N) is 1. The molecule has 1 spiro atoms. The number of benzene rings is 1. The molecule has 1 aromatic carbocycles. The zero-order chi connectivity index (χ0) is 33.7. The van der Waals surface area contributed by atoms with Crippen LogP contribution in [0.1, 0.15) is 64.5 Å². The van der Waals surface area contributed by atoms with Gasteiger partial charge < -0.3 is 34.4 Å². The van der Waals surface area contributed by atoms with Crippen LogP contribution < -0.4 is 5.32 Å². The van der Waals surface area contributed by atoms with Crippen LogP contribution in [0.25, 0.3) is 0 Å². The highest BCUT2D eigenvalue weighted by molar-refractivity contribution is 5.99. The lowest BCUT2D eigenvalue weighted by Gasteiger charge is -2.40. The van der Waals surface area contributed by atoms with Crippen LogP contribution in [0.3, 0.4) is 0 Å². The Labute approximate surface area is 277 Å². The first kappa shape index (κ1) is 34.8. The Kier molecular flexibility index (Phi) is 11.2. The van der Waals surface area contributed by atoms with Crippen molar-refractivity contribution in [1.29, 1.82) is 0 Å². The normalized spacial score (nSPS) is 32.5. The number of nitrogens with zero attached hydrogens (tertiary/aromatic N) is 2. The molecule has 5 bridgehead atoms. The van der Waals surface area contributed by atoms with Crippen molar-refractivity contribution in [2.24, 2.45) is 17.8 Å². The molecule has 11 nitrogen and oxygen atoms in total. The molecule has 256 valence electrons. The molecule has 0 aromatic heterocycles. The van der Waals surface area contributed by atoms with E-state index in [0.29, 0.717) is 18.5 Å². The van der Waals surface area contributed by atoms with Crippen molar-refractivity contribution in [3.8, 4) is 0 Å². The summed E-state index contributed by atoms with van der Waals surface area (Å²) in [7, 11) is 1.51. The van der Waals surface area contributed by atoms with E-state index in [1.165, 1.54) is 12.0 Å². The maximum atomic E-state index is 14.7. The number of amides is 3. The number of aliphatic hydroxyl groups is 1. The molecule has 2 fully saturated rings. The van der Waals surface area contributed by atoms with Crippen molar-refractivity contribution in [1.82, 2.24) is 15.1 Å². The Morgan fingerprint density at radius 2 is 1.85 bits per heavy atom. The number of ether oxygens (including phenoxy) is 3. The topological polar surface area (TPSA) is 135 Å². The summed E-state index contributed by atoms with van der Waals surface area (Å²) in [5.74, 6) is -3.82. The van der Waals surface area contributed by atoms with Gasteiger partial charge >= 0.3 is 5.97 Å². The first-order valence-electron chi connectivity index (χ1n) is 17.0. The monoisotopic (exact) mass is 651 g/mol. The largest absolute Gasteiger partial charge is 0.455 e. The minimum absolute atomic E-state index is 0.0782. The second-order valence-corrected chi connectivity index (χ2v) is 13.3. The summed E-state index contributed by atoms with van der Waals surface area (Å²) in [5.41, 5.74) is -0.737. The van der Waals surface area contributed by atoms with Crippen LogP contribution in [0.5, 0.6) is 0 Å². The van der Waals surface area contributed by atoms with Crippen LogP contribution in [-0.4, -0.2) is 102 Å². The lowest BCUT2D eigenvalue weighted by Crippen LogP contribution is -2.59. The summed E-state index contributed by atoms with van der Waals surface area (Å²) < 4.78 is 18.3. The fraction of sp³-hybridized carbons (Fsp3) is 0.611. The summed E-state index contributed by atoms with van der Waals surface area (Å²) in [6.45, 7) is 6.38. The van der Waals surface area contributed by atoms with E-state index in [9.17, 15) is 24.3 Å². The third kappa shape index (κ3) is 6.75. The first-order chi connectivity index (χ1) is 22.7. The molecule has 4 aliphatic heterocycles. The van der Waals surface area contributed by atoms with Gasteiger partial charge in [0.15, 0.2) is 0 Å². The summed E-state index contributed by atoms with van der Waals surface area (Å²) >= 11 is 0. The number of allylic oxidation sites excluding steroid dienone is 1. The van der Waals surface area contributed by atoms with Gasteiger partial charge in [0.2, 0.25) is 17.7 Å². The first-order valence-corrected chi connectivity index (χ1v) is 17.0. The summed E-state index contributed by atoms with van der Waals surface area (Å²) in [5, 5.41) is 13.6. The molecule has 0 radical (unpaired) electrons. The molecule has 4 heterocycles. The van der Waals surface area contributed by atoms with Gasteiger partial charge in [-0.25, -0.2) is 0 Å². The van der Waals surface area contributed by atoms with E-state index in [1.807, 2.05) is 56.3 Å². The number of aliphatic hydroxyl groups excluding tert-OH is 1. The summed E-state index contributed by atoms with van der Waals surface area (Å²) in [6, 6.07) is 6.68. The third-order valence-corrected chi connectivity index (χ3v) is 9.93. The number of likely N-dealkylation sites (tertiary alicyclic amines) is 1. The number of hydrogen-bond donors (Lipinski definition) is 2. The molecule has 2 saturated heterocycles. The molecule has 5 rings (SSSR count). The Morgan fingerprint density at radius 1 is 1.09 bits per heavy atom. The number of hydrogen-bond acceptors (Lipinski definition) is 8. The average molecular weight is 652 g/mol. The second kappa shape index (κ2) is 15.1. The predicted molar refractivity (Wildman–Crippen MR) is 174 cm³/mol. The number of cyclic esters (lactones) is 1. The molecule has 0 aliphatic carbocycles. The van der Waals surface area contributed by atoms with Crippen LogP contribution in [0.4, 0.5) is 0 Å². The zero-order valence-electron chi connectivity index (χ0n) is 27.9. The van der Waals surface area contributed by atoms with E-state index in [1.54, 1.807) is 17.1 Å². The molecule has 0 saturated carbocycles. The van der Waals surface area contributed by atoms with Crippen LogP contribution in [0.2, 0.25) is 0 Å². The van der Waals surface area contributed by atoms with Gasteiger partial charge in [-0.2, -0.15) is 0 Å². The van der Waals surface area contributed by atoms with Crippen LogP contribution in [0.15, 0.2) is 54.6 Å². The van der Waals surface area contributed by atoms with Crippen molar-refractivity contribution in [2.45, 2.75) is 88.8 Å². The fourth-order valence-electron chi connectivity index (χ4n) is 7.58. The highest BCUT2D eigenvalue weighted by Crippen LogP contribution is 2.56. The number of rotatable bonds is 10. The van der Waals surface area contributed by atoms with E-state index in [-0.39, 0.29) is 43.9 Å². The molecule has 1 aromatic rings. The van der Waals surface area contributed by atoms with Gasteiger partial charge in [-0.05, 0) is 24.3 Å². The number of unbranched alkanes of at least 4 members (excludes halogenated alkanes) is 2. The quantitative estimate of drug-likeness (QED) is 0.224. The van der Waals surface area contributed by atoms with E-state index in [2.05, 4.69) is 12.2 Å². The van der Waals surface area contributed by atoms with Gasteiger partial charge in [-0.3, -0.25) is 19.2 Å². The molecule has 0 unspecified atom stereocenters. The SMILES string of the molecule is CCCCCN1C/C=C\CCC(=O)N[C@@H](COC)[C@H](c2ccccc2)OC(=O)[C@@H]2[C@H]3C(=O)N([C@@H](CO)C(C)C)[C@H](C1=O)[C@]31C=C[C@H]2O1.